The molecule has 1 aliphatic carbocycles. The van der Waals surface area contributed by atoms with E-state index in [1.807, 2.05) is 60.7 Å². The van der Waals surface area contributed by atoms with E-state index in [9.17, 15) is 9.59 Å². The first-order valence-electron chi connectivity index (χ1n) is 10.6. The molecule has 0 saturated heterocycles. The van der Waals surface area contributed by atoms with Gasteiger partial charge in [0.15, 0.2) is 6.61 Å². The molecule has 3 aromatic rings. The smallest absolute Gasteiger partial charge is 0.344 e. The van der Waals surface area contributed by atoms with Crippen LogP contribution in [0.3, 0.4) is 0 Å². The Kier molecular flexibility index (Phi) is 7.07. The van der Waals surface area contributed by atoms with E-state index < -0.39 is 18.5 Å². The molecule has 0 unspecified atom stereocenters. The zero-order valence-electron chi connectivity index (χ0n) is 17.6. The Balaban J connectivity index is 1.33. The highest BCUT2D eigenvalue weighted by molar-refractivity contribution is 6.33. The maximum atomic E-state index is 12.3. The number of halogens is 1. The molecule has 0 spiro atoms. The van der Waals surface area contributed by atoms with Crippen LogP contribution in [0.5, 0.6) is 0 Å². The molecular formula is C26H24ClNO4. The summed E-state index contributed by atoms with van der Waals surface area (Å²) in [6, 6.07) is 20.9. The minimum atomic E-state index is -0.585. The van der Waals surface area contributed by atoms with Gasteiger partial charge in [-0.2, -0.15) is 0 Å². The van der Waals surface area contributed by atoms with Gasteiger partial charge in [0.2, 0.25) is 0 Å². The average molecular weight is 450 g/mol. The van der Waals surface area contributed by atoms with E-state index in [0.29, 0.717) is 5.02 Å². The number of para-hydroxylation sites is 1. The molecule has 0 aliphatic heterocycles. The SMILES string of the molecule is O=C(COC(=O)Cc1ccccc1Nc1cc2c(cc1Cl)CCC2)OCc1ccccc1. The fourth-order valence-electron chi connectivity index (χ4n) is 3.76. The normalized spacial score (nSPS) is 12.2. The Morgan fingerprint density at radius 3 is 2.38 bits per heavy atom. The summed E-state index contributed by atoms with van der Waals surface area (Å²) in [5.41, 5.74) is 5.83. The predicted octanol–water partition coefficient (Wildman–Crippen LogP) is 5.40. The third-order valence-electron chi connectivity index (χ3n) is 5.40. The second-order valence-electron chi connectivity index (χ2n) is 7.72. The van der Waals surface area contributed by atoms with Crippen LogP contribution in [0.25, 0.3) is 0 Å². The fourth-order valence-corrected chi connectivity index (χ4v) is 3.99. The number of rotatable bonds is 8. The van der Waals surface area contributed by atoms with Gasteiger partial charge in [-0.05, 0) is 59.7 Å². The third-order valence-corrected chi connectivity index (χ3v) is 5.71. The monoisotopic (exact) mass is 449 g/mol. The number of carbonyl (C=O) groups excluding carboxylic acids is 2. The maximum Gasteiger partial charge on any atom is 0.344 e. The zero-order chi connectivity index (χ0) is 22.3. The number of nitrogens with one attached hydrogen (secondary N) is 1. The van der Waals surface area contributed by atoms with Crippen molar-refractivity contribution >= 4 is 34.9 Å². The van der Waals surface area contributed by atoms with E-state index in [2.05, 4.69) is 11.4 Å². The molecule has 0 radical (unpaired) electrons. The Labute approximate surface area is 192 Å². The van der Waals surface area contributed by atoms with Crippen molar-refractivity contribution < 1.29 is 19.1 Å². The summed E-state index contributed by atoms with van der Waals surface area (Å²) < 4.78 is 10.3. The van der Waals surface area contributed by atoms with Gasteiger partial charge in [0.25, 0.3) is 0 Å². The molecule has 6 heteroatoms. The van der Waals surface area contributed by atoms with Crippen LogP contribution >= 0.6 is 11.6 Å². The Bertz CT molecular complexity index is 1110. The van der Waals surface area contributed by atoms with Crippen LogP contribution in [0, 0.1) is 0 Å². The van der Waals surface area contributed by atoms with Crippen molar-refractivity contribution in [3.63, 3.8) is 0 Å². The minimum absolute atomic E-state index is 0.0255. The largest absolute Gasteiger partial charge is 0.458 e. The van der Waals surface area contributed by atoms with Crippen LogP contribution in [-0.2, 0) is 44.9 Å². The van der Waals surface area contributed by atoms with Crippen molar-refractivity contribution in [2.75, 3.05) is 11.9 Å². The van der Waals surface area contributed by atoms with Crippen LogP contribution < -0.4 is 5.32 Å². The summed E-state index contributed by atoms with van der Waals surface area (Å²) in [6.45, 7) is -0.274. The molecule has 164 valence electrons. The van der Waals surface area contributed by atoms with Gasteiger partial charge >= 0.3 is 11.9 Å². The van der Waals surface area contributed by atoms with Crippen molar-refractivity contribution in [2.24, 2.45) is 0 Å². The van der Waals surface area contributed by atoms with Crippen LogP contribution in [0.1, 0.15) is 28.7 Å². The number of hydrogen-bond donors (Lipinski definition) is 1. The van der Waals surface area contributed by atoms with Crippen LogP contribution in [0.4, 0.5) is 11.4 Å². The number of carbonyl (C=O) groups is 2. The average Bonchev–Trinajstić information content (AvgIpc) is 3.25. The molecule has 4 rings (SSSR count). The van der Waals surface area contributed by atoms with E-state index in [1.54, 1.807) is 0 Å². The second kappa shape index (κ2) is 10.3. The van der Waals surface area contributed by atoms with Gasteiger partial charge in [0, 0.05) is 5.69 Å². The number of fused-ring (bicyclic) bond motifs is 1. The quantitative estimate of drug-likeness (QED) is 0.466. The molecule has 0 heterocycles. The molecule has 5 nitrogen and oxygen atoms in total. The Morgan fingerprint density at radius 1 is 0.844 bits per heavy atom. The number of aryl methyl sites for hydroxylation is 2. The highest BCUT2D eigenvalue weighted by Gasteiger charge is 2.16. The highest BCUT2D eigenvalue weighted by atomic mass is 35.5. The second-order valence-corrected chi connectivity index (χ2v) is 8.13. The number of ether oxygens (including phenoxy) is 2. The van der Waals surface area contributed by atoms with Gasteiger partial charge in [-0.1, -0.05) is 60.1 Å². The first-order chi connectivity index (χ1) is 15.6. The molecule has 3 aromatic carbocycles. The van der Waals surface area contributed by atoms with E-state index in [-0.39, 0.29) is 13.0 Å². The lowest BCUT2D eigenvalue weighted by atomic mass is 10.1. The number of esters is 2. The first-order valence-corrected chi connectivity index (χ1v) is 11.0. The summed E-state index contributed by atoms with van der Waals surface area (Å²) in [6.07, 6.45) is 3.28. The summed E-state index contributed by atoms with van der Waals surface area (Å²) >= 11 is 6.47. The molecule has 0 bridgehead atoms. The van der Waals surface area contributed by atoms with E-state index in [0.717, 1.165) is 41.8 Å². The van der Waals surface area contributed by atoms with Gasteiger partial charge in [-0.3, -0.25) is 4.79 Å². The van der Waals surface area contributed by atoms with Crippen LogP contribution in [-0.4, -0.2) is 18.5 Å². The molecule has 0 amide bonds. The summed E-state index contributed by atoms with van der Waals surface area (Å²) in [5, 5.41) is 4.00. The Morgan fingerprint density at radius 2 is 1.56 bits per heavy atom. The summed E-state index contributed by atoms with van der Waals surface area (Å²) in [4.78, 5) is 24.2. The molecule has 1 N–H and O–H groups in total. The van der Waals surface area contributed by atoms with Gasteiger partial charge < -0.3 is 14.8 Å². The minimum Gasteiger partial charge on any atom is -0.458 e. The van der Waals surface area contributed by atoms with Crippen molar-refractivity contribution in [3.05, 3.63) is 94.0 Å². The lowest BCUT2D eigenvalue weighted by Gasteiger charge is -2.14. The van der Waals surface area contributed by atoms with Crippen molar-refractivity contribution in [1.82, 2.24) is 0 Å². The number of anilines is 2. The summed E-state index contributed by atoms with van der Waals surface area (Å²) in [5.74, 6) is -1.09. The molecular weight excluding hydrogens is 426 g/mol. The predicted molar refractivity (Wildman–Crippen MR) is 124 cm³/mol. The van der Waals surface area contributed by atoms with Crippen molar-refractivity contribution in [3.8, 4) is 0 Å². The standard InChI is InChI=1S/C26H24ClNO4/c27-22-13-19-10-6-11-20(19)14-24(22)28-23-12-5-4-9-21(23)15-25(29)32-17-26(30)31-16-18-7-2-1-3-8-18/h1-5,7-9,12-14,28H,6,10-11,15-17H2. The number of hydrogen-bond acceptors (Lipinski definition) is 5. The molecule has 0 saturated carbocycles. The third kappa shape index (κ3) is 5.68. The number of benzene rings is 3. The molecule has 0 aromatic heterocycles. The summed E-state index contributed by atoms with van der Waals surface area (Å²) in [7, 11) is 0. The van der Waals surface area contributed by atoms with Gasteiger partial charge in [-0.25, -0.2) is 4.79 Å². The zero-order valence-corrected chi connectivity index (χ0v) is 18.4. The van der Waals surface area contributed by atoms with Crippen LogP contribution in [0.2, 0.25) is 5.02 Å². The molecule has 0 fully saturated rings. The van der Waals surface area contributed by atoms with Gasteiger partial charge in [0.1, 0.15) is 6.61 Å². The van der Waals surface area contributed by atoms with E-state index >= 15 is 0 Å². The maximum absolute atomic E-state index is 12.3. The first kappa shape index (κ1) is 21.9. The van der Waals surface area contributed by atoms with Crippen LogP contribution in [0.15, 0.2) is 66.7 Å². The lowest BCUT2D eigenvalue weighted by molar-refractivity contribution is -0.159. The van der Waals surface area contributed by atoms with E-state index in [1.165, 1.54) is 11.1 Å². The van der Waals surface area contributed by atoms with Gasteiger partial charge in [0.05, 0.1) is 17.1 Å². The fraction of sp³-hybridized carbons (Fsp3) is 0.231. The van der Waals surface area contributed by atoms with Gasteiger partial charge in [-0.15, -0.1) is 0 Å². The van der Waals surface area contributed by atoms with Crippen molar-refractivity contribution in [1.29, 1.82) is 0 Å². The molecule has 1 aliphatic rings. The Hall–Kier alpha value is -3.31. The highest BCUT2D eigenvalue weighted by Crippen LogP contribution is 2.34. The van der Waals surface area contributed by atoms with Crippen molar-refractivity contribution in [2.45, 2.75) is 32.3 Å². The lowest BCUT2D eigenvalue weighted by Crippen LogP contribution is -2.18. The van der Waals surface area contributed by atoms with E-state index in [4.69, 9.17) is 21.1 Å². The topological polar surface area (TPSA) is 64.6 Å². The molecule has 32 heavy (non-hydrogen) atoms. The molecule has 0 atom stereocenters.